The first kappa shape index (κ1) is 15.4. The molecular weight excluding hydrogens is 366 g/mol. The van der Waals surface area contributed by atoms with Gasteiger partial charge in [0.05, 0.1) is 10.9 Å². The van der Waals surface area contributed by atoms with Crippen molar-refractivity contribution in [1.82, 2.24) is 9.55 Å². The fourth-order valence-electron chi connectivity index (χ4n) is 3.41. The minimum absolute atomic E-state index is 0.0258. The van der Waals surface area contributed by atoms with Crippen LogP contribution in [0.2, 0.25) is 0 Å². The number of benzene rings is 2. The van der Waals surface area contributed by atoms with Gasteiger partial charge in [0.25, 0.3) is 5.56 Å². The van der Waals surface area contributed by atoms with Crippen molar-refractivity contribution in [3.63, 3.8) is 0 Å². The Balaban J connectivity index is 1.92. The summed E-state index contributed by atoms with van der Waals surface area (Å²) in [7, 11) is 0. The lowest BCUT2D eigenvalue weighted by Gasteiger charge is -2.21. The van der Waals surface area contributed by atoms with Gasteiger partial charge in [-0.3, -0.25) is 9.36 Å². The Hall–Kier alpha value is -2.14. The zero-order chi connectivity index (χ0) is 16.8. The minimum atomic E-state index is 0.0258. The molecule has 1 aromatic heterocycles. The van der Waals surface area contributed by atoms with Gasteiger partial charge in [-0.15, -0.1) is 0 Å². The van der Waals surface area contributed by atoms with Crippen molar-refractivity contribution in [3.8, 4) is 0 Å². The lowest BCUT2D eigenvalue weighted by atomic mass is 10.1. The van der Waals surface area contributed by atoms with Crippen molar-refractivity contribution in [3.05, 3.63) is 67.9 Å². The number of fused-ring (bicyclic) bond motifs is 2. The number of hydrogen-bond donors (Lipinski definition) is 0. The first-order valence-electron chi connectivity index (χ1n) is 8.11. The molecule has 0 bridgehead atoms. The van der Waals surface area contributed by atoms with E-state index in [0.717, 1.165) is 34.6 Å². The molecule has 0 atom stereocenters. The van der Waals surface area contributed by atoms with Crippen LogP contribution >= 0.6 is 15.9 Å². The highest BCUT2D eigenvalue weighted by Gasteiger charge is 2.23. The van der Waals surface area contributed by atoms with Gasteiger partial charge in [0.2, 0.25) is 5.95 Å². The highest BCUT2D eigenvalue weighted by molar-refractivity contribution is 9.10. The second-order valence-corrected chi connectivity index (χ2v) is 7.08. The fourth-order valence-corrected chi connectivity index (χ4v) is 4.07. The molecule has 4 rings (SSSR count). The lowest BCUT2D eigenvalue weighted by molar-refractivity contribution is 0.676. The maximum Gasteiger partial charge on any atom is 0.262 e. The largest absolute Gasteiger partial charge is 0.333 e. The van der Waals surface area contributed by atoms with E-state index in [0.29, 0.717) is 11.9 Å². The van der Waals surface area contributed by atoms with E-state index in [1.54, 1.807) is 4.57 Å². The molecule has 4 nitrogen and oxygen atoms in total. The molecule has 0 saturated carbocycles. The van der Waals surface area contributed by atoms with Gasteiger partial charge >= 0.3 is 0 Å². The maximum absolute atomic E-state index is 13.0. The van der Waals surface area contributed by atoms with E-state index in [4.69, 9.17) is 4.98 Å². The normalized spacial score (nSPS) is 13.5. The molecule has 24 heavy (non-hydrogen) atoms. The van der Waals surface area contributed by atoms with Gasteiger partial charge in [-0.2, -0.15) is 0 Å². The summed E-state index contributed by atoms with van der Waals surface area (Å²) in [5, 5.41) is 0.671. The summed E-state index contributed by atoms with van der Waals surface area (Å²) in [5.41, 5.74) is 4.42. The Labute approximate surface area is 148 Å². The number of rotatable bonds is 2. The van der Waals surface area contributed by atoms with E-state index in [1.165, 1.54) is 11.1 Å². The van der Waals surface area contributed by atoms with Crippen LogP contribution in [0.25, 0.3) is 10.9 Å². The minimum Gasteiger partial charge on any atom is -0.333 e. The topological polar surface area (TPSA) is 38.1 Å². The van der Waals surface area contributed by atoms with Crippen LogP contribution < -0.4 is 10.5 Å². The summed E-state index contributed by atoms with van der Waals surface area (Å²) in [6.07, 6.45) is 0. The van der Waals surface area contributed by atoms with E-state index in [2.05, 4.69) is 45.1 Å². The molecule has 0 amide bonds. The zero-order valence-electron chi connectivity index (χ0n) is 13.7. The molecule has 2 heterocycles. The predicted molar refractivity (Wildman–Crippen MR) is 100 cm³/mol. The number of nitrogens with zero attached hydrogens (tertiary/aromatic N) is 3. The molecule has 0 fully saturated rings. The highest BCUT2D eigenvalue weighted by atomic mass is 79.9. The average molecular weight is 384 g/mol. The molecule has 0 unspecified atom stereocenters. The van der Waals surface area contributed by atoms with E-state index in [9.17, 15) is 4.79 Å². The average Bonchev–Trinajstić information content (AvgIpc) is 2.99. The Kier molecular flexibility index (Phi) is 3.68. The van der Waals surface area contributed by atoms with Gasteiger partial charge in [0.1, 0.15) is 0 Å². The summed E-state index contributed by atoms with van der Waals surface area (Å²) in [4.78, 5) is 20.0. The number of aromatic nitrogens is 2. The van der Waals surface area contributed by atoms with Gasteiger partial charge in [-0.25, -0.2) is 4.98 Å². The highest BCUT2D eigenvalue weighted by Crippen LogP contribution is 2.29. The number of anilines is 1. The molecule has 122 valence electrons. The third kappa shape index (κ3) is 2.35. The van der Waals surface area contributed by atoms with Gasteiger partial charge in [0.15, 0.2) is 0 Å². The number of hydrogen-bond acceptors (Lipinski definition) is 3. The van der Waals surface area contributed by atoms with Crippen molar-refractivity contribution in [2.75, 3.05) is 4.90 Å². The maximum atomic E-state index is 13.0. The second kappa shape index (κ2) is 5.74. The molecule has 0 aliphatic carbocycles. The summed E-state index contributed by atoms with van der Waals surface area (Å²) in [5.74, 6) is 0.746. The lowest BCUT2D eigenvalue weighted by Crippen LogP contribution is -2.29. The third-order valence-corrected chi connectivity index (χ3v) is 5.18. The molecule has 3 aromatic rings. The summed E-state index contributed by atoms with van der Waals surface area (Å²) >= 11 is 3.57. The van der Waals surface area contributed by atoms with Crippen LogP contribution in [0.1, 0.15) is 23.6 Å². The number of halogens is 1. The molecule has 0 radical (unpaired) electrons. The fraction of sp³-hybridized carbons (Fsp3) is 0.263. The van der Waals surface area contributed by atoms with Crippen LogP contribution in [0, 0.1) is 6.92 Å². The molecular formula is C19H18BrN3O. The first-order valence-corrected chi connectivity index (χ1v) is 8.90. The van der Waals surface area contributed by atoms with Crippen LogP contribution in [-0.2, 0) is 19.6 Å². The molecule has 1 aliphatic heterocycles. The molecule has 5 heteroatoms. The molecule has 0 saturated heterocycles. The Morgan fingerprint density at radius 3 is 2.46 bits per heavy atom. The third-order valence-electron chi connectivity index (χ3n) is 4.58. The van der Waals surface area contributed by atoms with Gasteiger partial charge < -0.3 is 4.90 Å². The van der Waals surface area contributed by atoms with Crippen molar-refractivity contribution in [1.29, 1.82) is 0 Å². The standard InChI is InChI=1S/C19H18BrN3O/c1-3-23-18(24)15-8-12(2)9-16(20)17(15)21-19(23)22-10-13-6-4-5-7-14(13)11-22/h4-9H,3,10-11H2,1-2H3. The smallest absolute Gasteiger partial charge is 0.262 e. The van der Waals surface area contributed by atoms with E-state index in [-0.39, 0.29) is 5.56 Å². The first-order chi connectivity index (χ1) is 11.6. The number of aryl methyl sites for hydroxylation is 1. The van der Waals surface area contributed by atoms with E-state index < -0.39 is 0 Å². The molecule has 1 aliphatic rings. The van der Waals surface area contributed by atoms with E-state index in [1.807, 2.05) is 26.0 Å². The van der Waals surface area contributed by atoms with Crippen molar-refractivity contribution in [2.45, 2.75) is 33.5 Å². The summed E-state index contributed by atoms with van der Waals surface area (Å²) < 4.78 is 2.65. The van der Waals surface area contributed by atoms with E-state index >= 15 is 0 Å². The van der Waals surface area contributed by atoms with Crippen LogP contribution in [0.5, 0.6) is 0 Å². The van der Waals surface area contributed by atoms with Crippen molar-refractivity contribution < 1.29 is 0 Å². The van der Waals surface area contributed by atoms with Gasteiger partial charge in [-0.1, -0.05) is 24.3 Å². The monoisotopic (exact) mass is 383 g/mol. The Bertz CT molecular complexity index is 984. The molecule has 0 N–H and O–H groups in total. The van der Waals surface area contributed by atoms with Gasteiger partial charge in [-0.05, 0) is 58.6 Å². The molecule has 0 spiro atoms. The van der Waals surface area contributed by atoms with Crippen LogP contribution in [0.15, 0.2) is 45.7 Å². The van der Waals surface area contributed by atoms with Crippen LogP contribution in [0.3, 0.4) is 0 Å². The summed E-state index contributed by atoms with van der Waals surface area (Å²) in [6, 6.07) is 12.3. The summed E-state index contributed by atoms with van der Waals surface area (Å²) in [6.45, 7) is 6.17. The van der Waals surface area contributed by atoms with Crippen LogP contribution in [0.4, 0.5) is 5.95 Å². The Morgan fingerprint density at radius 2 is 1.83 bits per heavy atom. The quantitative estimate of drug-likeness (QED) is 0.670. The van der Waals surface area contributed by atoms with Gasteiger partial charge in [0, 0.05) is 24.1 Å². The van der Waals surface area contributed by atoms with Crippen molar-refractivity contribution in [2.24, 2.45) is 0 Å². The predicted octanol–water partition coefficient (Wildman–Crippen LogP) is 4.01. The second-order valence-electron chi connectivity index (χ2n) is 6.23. The molecule has 2 aromatic carbocycles. The van der Waals surface area contributed by atoms with Crippen LogP contribution in [-0.4, -0.2) is 9.55 Å². The Morgan fingerprint density at radius 1 is 1.17 bits per heavy atom. The SMILES string of the molecule is CCn1c(N2Cc3ccccc3C2)nc2c(Br)cc(C)cc2c1=O. The zero-order valence-corrected chi connectivity index (χ0v) is 15.3. The van der Waals surface area contributed by atoms with Crippen molar-refractivity contribution >= 4 is 32.8 Å².